The number of unbranched alkanes of at least 4 members (excludes halogenated alkanes) is 2. The Kier molecular flexibility index (Phi) is 27.2. The smallest absolute Gasteiger partial charge is 0.267 e. The highest BCUT2D eigenvalue weighted by Gasteiger charge is 2.39. The number of nitrogens with zero attached hydrogens (tertiary/aromatic N) is 2. The van der Waals surface area contributed by atoms with E-state index in [-0.39, 0.29) is 62.1 Å². The molecule has 2 rings (SSSR count). The van der Waals surface area contributed by atoms with E-state index in [0.29, 0.717) is 37.2 Å². The highest BCUT2D eigenvalue weighted by molar-refractivity contribution is 6.40. The summed E-state index contributed by atoms with van der Waals surface area (Å²) in [5.41, 5.74) is 10.2. The van der Waals surface area contributed by atoms with E-state index in [1.807, 2.05) is 13.8 Å². The lowest BCUT2D eigenvalue weighted by Crippen LogP contribution is -2.64. The maximum Gasteiger partial charge on any atom is 0.267 e. The van der Waals surface area contributed by atoms with Gasteiger partial charge in [0, 0.05) is 33.4 Å². The van der Waals surface area contributed by atoms with Gasteiger partial charge in [0.25, 0.3) is 5.91 Å². The third kappa shape index (κ3) is 22.0. The maximum absolute atomic E-state index is 14.1. The Morgan fingerprint density at radius 2 is 1.10 bits per heavy atom. The van der Waals surface area contributed by atoms with Crippen LogP contribution in [0.25, 0.3) is 0 Å². The van der Waals surface area contributed by atoms with Crippen LogP contribution in [0.4, 0.5) is 5.69 Å². The van der Waals surface area contributed by atoms with Gasteiger partial charge in [0.05, 0.1) is 12.8 Å². The topological polar surface area (TPSA) is 373 Å². The quantitative estimate of drug-likeness (QED) is 0.0415. The van der Waals surface area contributed by atoms with Gasteiger partial charge in [-0.2, -0.15) is 5.10 Å². The number of hydrogen-bond donors (Lipinski definition) is 11. The molecule has 0 fully saturated rings. The molecule has 1 aromatic carbocycles. The highest BCUT2D eigenvalue weighted by Crippen LogP contribution is 2.27. The number of amides is 11. The van der Waals surface area contributed by atoms with Gasteiger partial charge in [-0.3, -0.25) is 57.7 Å². The lowest BCUT2D eigenvalue weighted by Gasteiger charge is -2.32. The predicted molar refractivity (Wildman–Crippen MR) is 293 cm³/mol. The molecule has 436 valence electrons. The van der Waals surface area contributed by atoms with Gasteiger partial charge in [-0.1, -0.05) is 55.4 Å². The third-order valence-corrected chi connectivity index (χ3v) is 12.8. The van der Waals surface area contributed by atoms with Crippen LogP contribution < -0.4 is 69.1 Å². The molecule has 0 saturated carbocycles. The lowest BCUT2D eigenvalue weighted by atomic mass is 9.96. The van der Waals surface area contributed by atoms with Gasteiger partial charge in [-0.05, 0) is 107 Å². The summed E-state index contributed by atoms with van der Waals surface area (Å²) in [6, 6.07) is -1.10. The second-order valence-corrected chi connectivity index (χ2v) is 21.6. The molecule has 0 spiro atoms. The number of hydrazone groups is 1. The molecule has 0 aliphatic carbocycles. The van der Waals surface area contributed by atoms with Gasteiger partial charge in [0.15, 0.2) is 0 Å². The zero-order valence-electron chi connectivity index (χ0n) is 47.7. The normalized spacial score (nSPS) is 15.6. The number of benzene rings is 1. The number of carbonyl (C=O) groups is 11. The molecule has 1 aromatic rings. The minimum atomic E-state index is -1.70. The monoisotopic (exact) mass is 1100 g/mol. The first-order valence-electron chi connectivity index (χ1n) is 26.6. The number of anilines is 1. The first kappa shape index (κ1) is 66.8. The maximum atomic E-state index is 14.1. The number of rotatable bonds is 33. The fourth-order valence-electron chi connectivity index (χ4n) is 8.28. The van der Waals surface area contributed by atoms with Crippen molar-refractivity contribution in [3.05, 3.63) is 24.3 Å². The van der Waals surface area contributed by atoms with Crippen LogP contribution >= 0.6 is 0 Å². The molecule has 0 radical (unpaired) electrons. The number of nitrogens with one attached hydrogen (secondary N) is 9. The summed E-state index contributed by atoms with van der Waals surface area (Å²) in [6.45, 7) is 19.7. The van der Waals surface area contributed by atoms with Gasteiger partial charge in [-0.15, -0.1) is 0 Å². The van der Waals surface area contributed by atoms with E-state index in [4.69, 9.17) is 16.2 Å². The van der Waals surface area contributed by atoms with Gasteiger partial charge >= 0.3 is 0 Å². The Morgan fingerprint density at radius 3 is 1.55 bits per heavy atom. The first-order chi connectivity index (χ1) is 36.4. The number of nitrogens with two attached hydrogens (primary N) is 2. The Bertz CT molecular complexity index is 2300. The van der Waals surface area contributed by atoms with Gasteiger partial charge < -0.3 is 64.1 Å². The molecular weight excluding hydrogens is 1010 g/mol. The van der Waals surface area contributed by atoms with Crippen molar-refractivity contribution in [2.24, 2.45) is 40.2 Å². The van der Waals surface area contributed by atoms with Crippen LogP contribution in [0.3, 0.4) is 0 Å². The van der Waals surface area contributed by atoms with E-state index in [0.717, 1.165) is 0 Å². The van der Waals surface area contributed by atoms with Crippen LogP contribution in [0.1, 0.15) is 134 Å². The summed E-state index contributed by atoms with van der Waals surface area (Å²) < 4.78 is 5.20. The van der Waals surface area contributed by atoms with Gasteiger partial charge in [-0.25, -0.2) is 0 Å². The van der Waals surface area contributed by atoms with Crippen molar-refractivity contribution in [1.29, 1.82) is 0 Å². The van der Waals surface area contributed by atoms with Crippen molar-refractivity contribution in [3.63, 3.8) is 0 Å². The van der Waals surface area contributed by atoms with Crippen molar-refractivity contribution in [2.45, 2.75) is 182 Å². The molecule has 0 saturated heterocycles. The molecule has 25 nitrogen and oxygen atoms in total. The molecular formula is C53H87N13O12. The van der Waals surface area contributed by atoms with E-state index >= 15 is 0 Å². The molecule has 13 N–H and O–H groups in total. The largest absolute Gasteiger partial charge is 0.497 e. The third-order valence-electron chi connectivity index (χ3n) is 12.8. The summed E-state index contributed by atoms with van der Waals surface area (Å²) in [5.74, 6) is -7.85. The molecule has 0 bridgehead atoms. The van der Waals surface area contributed by atoms with Crippen LogP contribution in [0.2, 0.25) is 0 Å². The highest BCUT2D eigenvalue weighted by atomic mass is 16.5. The summed E-state index contributed by atoms with van der Waals surface area (Å²) in [6.07, 6.45) is 1.67. The zero-order chi connectivity index (χ0) is 59.2. The lowest BCUT2D eigenvalue weighted by molar-refractivity contribution is -0.138. The zero-order valence-corrected chi connectivity index (χ0v) is 47.7. The van der Waals surface area contributed by atoms with Crippen LogP contribution in [-0.4, -0.2) is 139 Å². The van der Waals surface area contributed by atoms with Crippen molar-refractivity contribution in [3.8, 4) is 5.75 Å². The summed E-state index contributed by atoms with van der Waals surface area (Å²) in [5, 5.41) is 30.0. The molecule has 78 heavy (non-hydrogen) atoms. The Labute approximate surface area is 458 Å². The van der Waals surface area contributed by atoms with E-state index in [2.05, 4.69) is 53.0 Å². The predicted octanol–water partition coefficient (Wildman–Crippen LogP) is 0.0310. The Balaban J connectivity index is 2.27. The average Bonchev–Trinajstić information content (AvgIpc) is 3.81. The van der Waals surface area contributed by atoms with Crippen molar-refractivity contribution >= 4 is 76.4 Å². The van der Waals surface area contributed by atoms with Crippen molar-refractivity contribution in [1.82, 2.24) is 47.9 Å². The number of primary amides is 2. The molecule has 0 aromatic heterocycles. The van der Waals surface area contributed by atoms with Crippen LogP contribution in [0, 0.1) is 23.7 Å². The van der Waals surface area contributed by atoms with Crippen molar-refractivity contribution < 1.29 is 57.5 Å². The Morgan fingerprint density at radius 1 is 0.615 bits per heavy atom. The summed E-state index contributed by atoms with van der Waals surface area (Å²) in [4.78, 5) is 145. The molecule has 1 aliphatic heterocycles. The molecule has 1 unspecified atom stereocenters. The molecule has 25 heteroatoms. The number of ether oxygens (including phenoxy) is 1. The molecule has 1 heterocycles. The second-order valence-electron chi connectivity index (χ2n) is 21.6. The number of methoxy groups -OCH3 is 1. The first-order valence-corrected chi connectivity index (χ1v) is 26.6. The minimum Gasteiger partial charge on any atom is -0.497 e. The standard InChI is InChI=1S/C53H87N13O12/c1-28(2)26-38(61-47(72)36(18-14-16-24-56-32(9)67)59-50(75)42(30(5)6)58-33(10)68)49(74)64-53(11,12)52(77)63-43(31(7)8)51(76)60-37(48(73)62-41(29(3)4)45(55)70)19-15-17-25-57-46(71)39-27-40(44(54)69)66(65-39)34-20-22-35(78-13)23-21-34/h20-23,28-31,36-38,40-43H,14-19,24-27H2,1-13H3,(H2,54,69)(H2,55,70)(H,56,67)(H,57,71)(H,58,68)(H,59,75)(H,60,76)(H,61,72)(H,62,73)(H,63,77)(H,64,74)/t36-,37-,38-,40?,41-,42-,43-/m0/s1. The minimum absolute atomic E-state index is 0.0193. The number of hydrogen-bond acceptors (Lipinski definition) is 14. The molecule has 1 aliphatic rings. The van der Waals surface area contributed by atoms with Crippen LogP contribution in [0.5, 0.6) is 5.75 Å². The average molecular weight is 1100 g/mol. The van der Waals surface area contributed by atoms with E-state index in [9.17, 15) is 52.7 Å². The van der Waals surface area contributed by atoms with Crippen LogP contribution in [0.15, 0.2) is 29.4 Å². The van der Waals surface area contributed by atoms with Gasteiger partial charge in [0.2, 0.25) is 59.1 Å². The number of carbonyl (C=O) groups excluding carboxylic acids is 11. The summed E-state index contributed by atoms with van der Waals surface area (Å²) >= 11 is 0. The summed E-state index contributed by atoms with van der Waals surface area (Å²) in [7, 11) is 1.51. The van der Waals surface area contributed by atoms with Crippen LogP contribution in [-0.2, 0) is 52.7 Å². The van der Waals surface area contributed by atoms with E-state index < -0.39 is 119 Å². The Hall–Kier alpha value is -7.34. The van der Waals surface area contributed by atoms with E-state index in [1.165, 1.54) is 39.8 Å². The SMILES string of the molecule is COc1ccc(N2N=C(C(=O)NCCCC[C@H](NC(=O)[C@@H](NC(=O)C(C)(C)NC(=O)[C@H](CC(C)C)NC(=O)[C@H](CCCCNC(C)=O)NC(=O)[C@@H](NC(C)=O)C(C)C)C(C)C)C(=O)N[C@H](C(N)=O)C(C)C)CC2C(N)=O)cc1. The molecule has 7 atom stereocenters. The fourth-order valence-corrected chi connectivity index (χ4v) is 8.28. The second kappa shape index (κ2) is 31.8. The van der Waals surface area contributed by atoms with Crippen molar-refractivity contribution in [2.75, 3.05) is 25.2 Å². The van der Waals surface area contributed by atoms with Gasteiger partial charge in [0.1, 0.15) is 59.3 Å². The van der Waals surface area contributed by atoms with E-state index in [1.54, 1.807) is 65.8 Å². The molecule has 11 amide bonds. The fraction of sp³-hybridized carbons (Fsp3) is 0.660.